The molecular weight excluding hydrogens is 292 g/mol. The third kappa shape index (κ3) is 4.74. The molecule has 7 heteroatoms. The van der Waals surface area contributed by atoms with Crippen LogP contribution in [0.15, 0.2) is 12.1 Å². The first-order valence-corrected chi connectivity index (χ1v) is 7.46. The van der Waals surface area contributed by atoms with Crippen molar-refractivity contribution in [3.63, 3.8) is 0 Å². The lowest BCUT2D eigenvalue weighted by molar-refractivity contribution is 0.0235. The maximum Gasteiger partial charge on any atom is 0.410 e. The van der Waals surface area contributed by atoms with Gasteiger partial charge in [0.25, 0.3) is 0 Å². The van der Waals surface area contributed by atoms with Gasteiger partial charge in [0.15, 0.2) is 5.15 Å². The van der Waals surface area contributed by atoms with E-state index in [2.05, 4.69) is 15.5 Å². The number of hydrogen-bond donors (Lipinski definition) is 1. The predicted octanol–water partition coefficient (Wildman–Crippen LogP) is 2.94. The molecule has 116 valence electrons. The van der Waals surface area contributed by atoms with Crippen LogP contribution in [-0.2, 0) is 4.74 Å². The van der Waals surface area contributed by atoms with E-state index < -0.39 is 5.60 Å². The quantitative estimate of drug-likeness (QED) is 0.929. The first-order valence-electron chi connectivity index (χ1n) is 7.08. The van der Waals surface area contributed by atoms with Crippen molar-refractivity contribution in [2.24, 2.45) is 0 Å². The van der Waals surface area contributed by atoms with Crippen molar-refractivity contribution in [1.82, 2.24) is 15.1 Å². The number of likely N-dealkylation sites (tertiary alicyclic amines) is 1. The van der Waals surface area contributed by atoms with Crippen LogP contribution in [0.2, 0.25) is 5.15 Å². The highest BCUT2D eigenvalue weighted by Gasteiger charge is 2.31. The lowest BCUT2D eigenvalue weighted by Crippen LogP contribution is -2.42. The molecule has 1 N–H and O–H groups in total. The van der Waals surface area contributed by atoms with Crippen molar-refractivity contribution in [2.45, 2.75) is 45.3 Å². The van der Waals surface area contributed by atoms with Crippen LogP contribution in [-0.4, -0.2) is 45.9 Å². The number of ether oxygens (including phenoxy) is 1. The van der Waals surface area contributed by atoms with Crippen molar-refractivity contribution in [1.29, 1.82) is 0 Å². The summed E-state index contributed by atoms with van der Waals surface area (Å²) in [6, 6.07) is 3.55. The topological polar surface area (TPSA) is 67.3 Å². The number of carbonyl (C=O) groups is 1. The lowest BCUT2D eigenvalue weighted by atomic mass is 10.2. The minimum absolute atomic E-state index is 0.109. The highest BCUT2D eigenvalue weighted by atomic mass is 35.5. The summed E-state index contributed by atoms with van der Waals surface area (Å²) < 4.78 is 5.43. The van der Waals surface area contributed by atoms with Gasteiger partial charge in [0.2, 0.25) is 0 Å². The summed E-state index contributed by atoms with van der Waals surface area (Å²) in [5.74, 6) is 0.649. The zero-order valence-electron chi connectivity index (χ0n) is 12.6. The van der Waals surface area contributed by atoms with Gasteiger partial charge in [-0.2, -0.15) is 0 Å². The Hall–Kier alpha value is -1.56. The van der Waals surface area contributed by atoms with Gasteiger partial charge in [-0.25, -0.2) is 4.79 Å². The van der Waals surface area contributed by atoms with Gasteiger partial charge < -0.3 is 15.0 Å². The number of carbonyl (C=O) groups excluding carboxylic acids is 1. The smallest absolute Gasteiger partial charge is 0.410 e. The zero-order valence-corrected chi connectivity index (χ0v) is 13.4. The van der Waals surface area contributed by atoms with Crippen LogP contribution < -0.4 is 5.32 Å². The fourth-order valence-corrected chi connectivity index (χ4v) is 2.34. The van der Waals surface area contributed by atoms with E-state index in [-0.39, 0.29) is 12.1 Å². The van der Waals surface area contributed by atoms with Crippen LogP contribution >= 0.6 is 11.6 Å². The summed E-state index contributed by atoms with van der Waals surface area (Å²) in [4.78, 5) is 13.9. The van der Waals surface area contributed by atoms with E-state index in [0.717, 1.165) is 19.4 Å². The average Bonchev–Trinajstić information content (AvgIpc) is 2.84. The molecule has 2 rings (SSSR count). The van der Waals surface area contributed by atoms with E-state index in [1.165, 1.54) is 0 Å². The van der Waals surface area contributed by atoms with Gasteiger partial charge in [-0.1, -0.05) is 11.6 Å². The first-order chi connectivity index (χ1) is 9.85. The molecule has 0 unspecified atom stereocenters. The van der Waals surface area contributed by atoms with Crippen LogP contribution in [0.5, 0.6) is 0 Å². The Labute approximate surface area is 129 Å². The SMILES string of the molecule is CC(C)(C)OC(=O)N1CCC[C@@H]1CNc1ccc(Cl)nn1. The molecule has 21 heavy (non-hydrogen) atoms. The molecule has 0 saturated carbocycles. The number of nitrogens with zero attached hydrogens (tertiary/aromatic N) is 3. The summed E-state index contributed by atoms with van der Waals surface area (Å²) in [6.45, 7) is 6.97. The molecule has 0 radical (unpaired) electrons. The number of anilines is 1. The van der Waals surface area contributed by atoms with Crippen molar-refractivity contribution in [3.8, 4) is 0 Å². The molecule has 0 spiro atoms. The molecule has 1 saturated heterocycles. The van der Waals surface area contributed by atoms with Crippen molar-refractivity contribution < 1.29 is 9.53 Å². The van der Waals surface area contributed by atoms with Crippen LogP contribution in [0.3, 0.4) is 0 Å². The summed E-state index contributed by atoms with van der Waals surface area (Å²) >= 11 is 5.69. The van der Waals surface area contributed by atoms with Crippen molar-refractivity contribution in [3.05, 3.63) is 17.3 Å². The van der Waals surface area contributed by atoms with Gasteiger partial charge >= 0.3 is 6.09 Å². The molecule has 1 aromatic rings. The molecule has 1 aromatic heterocycles. The molecule has 1 aliphatic heterocycles. The fraction of sp³-hybridized carbons (Fsp3) is 0.643. The summed E-state index contributed by atoms with van der Waals surface area (Å²) in [6.07, 6.45) is 1.68. The normalized spacial score (nSPS) is 18.7. The number of nitrogens with one attached hydrogen (secondary N) is 1. The maximum atomic E-state index is 12.2. The highest BCUT2D eigenvalue weighted by molar-refractivity contribution is 6.29. The number of halogens is 1. The number of amides is 1. The van der Waals surface area contributed by atoms with Crippen molar-refractivity contribution >= 4 is 23.5 Å². The Balaban J connectivity index is 1.90. The summed E-state index contributed by atoms with van der Waals surface area (Å²) in [7, 11) is 0. The summed E-state index contributed by atoms with van der Waals surface area (Å²) in [5.41, 5.74) is -0.473. The Morgan fingerprint density at radius 1 is 1.48 bits per heavy atom. The van der Waals surface area contributed by atoms with E-state index in [9.17, 15) is 4.79 Å². The second-order valence-electron chi connectivity index (χ2n) is 6.09. The molecule has 1 aliphatic rings. The van der Waals surface area contributed by atoms with E-state index in [4.69, 9.17) is 16.3 Å². The lowest BCUT2D eigenvalue weighted by Gasteiger charge is -2.28. The Morgan fingerprint density at radius 3 is 2.86 bits per heavy atom. The number of hydrogen-bond acceptors (Lipinski definition) is 5. The van der Waals surface area contributed by atoms with Gasteiger partial charge in [-0.3, -0.25) is 0 Å². The maximum absolute atomic E-state index is 12.2. The molecule has 0 bridgehead atoms. The minimum Gasteiger partial charge on any atom is -0.444 e. The zero-order chi connectivity index (χ0) is 15.5. The molecular formula is C14H21ClN4O2. The monoisotopic (exact) mass is 312 g/mol. The third-order valence-corrected chi connectivity index (χ3v) is 3.36. The van der Waals surface area contributed by atoms with E-state index in [1.54, 1.807) is 17.0 Å². The number of aromatic nitrogens is 2. The second kappa shape index (κ2) is 6.47. The highest BCUT2D eigenvalue weighted by Crippen LogP contribution is 2.21. The van der Waals surface area contributed by atoms with E-state index in [1.807, 2.05) is 20.8 Å². The Bertz CT molecular complexity index is 487. The third-order valence-electron chi connectivity index (χ3n) is 3.16. The second-order valence-corrected chi connectivity index (χ2v) is 6.48. The minimum atomic E-state index is -0.473. The molecule has 1 fully saturated rings. The fourth-order valence-electron chi connectivity index (χ4n) is 2.24. The predicted molar refractivity (Wildman–Crippen MR) is 81.5 cm³/mol. The molecule has 2 heterocycles. The number of rotatable bonds is 3. The Morgan fingerprint density at radius 2 is 2.24 bits per heavy atom. The van der Waals surface area contributed by atoms with Crippen molar-refractivity contribution in [2.75, 3.05) is 18.4 Å². The van der Waals surface area contributed by atoms with Gasteiger partial charge in [0.1, 0.15) is 11.4 Å². The van der Waals surface area contributed by atoms with Gasteiger partial charge in [-0.15, -0.1) is 10.2 Å². The molecule has 0 aromatic carbocycles. The average molecular weight is 313 g/mol. The van der Waals surface area contributed by atoms with Crippen LogP contribution in [0, 0.1) is 0 Å². The van der Waals surface area contributed by atoms with E-state index in [0.29, 0.717) is 17.5 Å². The first kappa shape index (κ1) is 15.8. The van der Waals surface area contributed by atoms with Gasteiger partial charge in [0, 0.05) is 13.1 Å². The van der Waals surface area contributed by atoms with Gasteiger partial charge in [-0.05, 0) is 45.7 Å². The molecule has 1 amide bonds. The molecule has 6 nitrogen and oxygen atoms in total. The van der Waals surface area contributed by atoms with Crippen LogP contribution in [0.25, 0.3) is 0 Å². The van der Waals surface area contributed by atoms with Gasteiger partial charge in [0.05, 0.1) is 6.04 Å². The van der Waals surface area contributed by atoms with E-state index >= 15 is 0 Å². The van der Waals surface area contributed by atoms with Crippen LogP contribution in [0.1, 0.15) is 33.6 Å². The molecule has 1 atom stereocenters. The van der Waals surface area contributed by atoms with Crippen LogP contribution in [0.4, 0.5) is 10.6 Å². The molecule has 0 aliphatic carbocycles. The standard InChI is InChI=1S/C14H21ClN4O2/c1-14(2,3)21-13(20)19-8-4-5-10(19)9-16-12-7-6-11(15)17-18-12/h6-7,10H,4-5,8-9H2,1-3H3,(H,16,18)/t10-/m1/s1. The summed E-state index contributed by atoms with van der Waals surface area (Å²) in [5, 5.41) is 11.3. The largest absolute Gasteiger partial charge is 0.444 e. The Kier molecular flexibility index (Phi) is 4.88.